The van der Waals surface area contributed by atoms with Crippen molar-refractivity contribution in [3.05, 3.63) is 0 Å². The first-order valence-corrected chi connectivity index (χ1v) is 4.71. The molecule has 92 valence electrons. The maximum atomic E-state index is 9.95. The Kier molecular flexibility index (Phi) is 21.0. The summed E-state index contributed by atoms with van der Waals surface area (Å²) in [7, 11) is -10.3. The van der Waals surface area contributed by atoms with Crippen molar-refractivity contribution >= 4 is 86.1 Å². The SMILES string of the molecule is N.N.O=C(OS(=O)(=O)O)OS(=O)(=O)O.[NaH].[NaH]. The maximum absolute atomic E-state index is 9.95. The van der Waals surface area contributed by atoms with Gasteiger partial charge in [0, 0.05) is 0 Å². The molecule has 0 fully saturated rings. The van der Waals surface area contributed by atoms with Gasteiger partial charge in [-0.3, -0.25) is 17.5 Å². The molecule has 16 heavy (non-hydrogen) atoms. The zero-order chi connectivity index (χ0) is 9.99. The Labute approximate surface area is 136 Å². The normalized spacial score (nSPS) is 9.12. The molecule has 0 saturated heterocycles. The van der Waals surface area contributed by atoms with Crippen molar-refractivity contribution in [3.8, 4) is 0 Å². The predicted molar refractivity (Wildman–Crippen MR) is 55.0 cm³/mol. The molecule has 0 unspecified atom stereocenters. The fourth-order valence-corrected chi connectivity index (χ4v) is 0.641. The number of hydrogen-bond donors (Lipinski definition) is 4. The molecule has 0 aromatic heterocycles. The first-order valence-electron chi connectivity index (χ1n) is 1.98. The van der Waals surface area contributed by atoms with Gasteiger partial charge in [0.05, 0.1) is 0 Å². The number of hydrogen-bond acceptors (Lipinski definition) is 9. The van der Waals surface area contributed by atoms with Crippen molar-refractivity contribution in [2.75, 3.05) is 0 Å². The summed E-state index contributed by atoms with van der Waals surface area (Å²) in [5.74, 6) is 0. The van der Waals surface area contributed by atoms with Crippen LogP contribution in [-0.4, -0.2) is 91.2 Å². The minimum absolute atomic E-state index is 0. The Morgan fingerprint density at radius 2 is 1.00 bits per heavy atom. The molecule has 15 heteroatoms. The quantitative estimate of drug-likeness (QED) is 0.316. The van der Waals surface area contributed by atoms with Crippen molar-refractivity contribution in [1.29, 1.82) is 0 Å². The van der Waals surface area contributed by atoms with Crippen molar-refractivity contribution in [1.82, 2.24) is 12.3 Å². The molecule has 8 N–H and O–H groups in total. The van der Waals surface area contributed by atoms with Gasteiger partial charge in [-0.05, 0) is 0 Å². The molecule has 0 heterocycles. The van der Waals surface area contributed by atoms with E-state index in [2.05, 4.69) is 8.37 Å². The van der Waals surface area contributed by atoms with Crippen LogP contribution in [0.2, 0.25) is 0 Å². The van der Waals surface area contributed by atoms with Gasteiger partial charge >= 0.3 is 86.1 Å². The molecule has 0 atom stereocenters. The Morgan fingerprint density at radius 3 is 1.12 bits per heavy atom. The van der Waals surface area contributed by atoms with E-state index in [0.717, 1.165) is 0 Å². The molecule has 0 radical (unpaired) electrons. The molecule has 0 bridgehead atoms. The van der Waals surface area contributed by atoms with Gasteiger partial charge in [0.25, 0.3) is 0 Å². The van der Waals surface area contributed by atoms with Crippen molar-refractivity contribution in [3.63, 3.8) is 0 Å². The number of carbonyl (C=O) groups excluding carboxylic acids is 1. The molecule has 0 aromatic carbocycles. The van der Waals surface area contributed by atoms with Gasteiger partial charge in [0.15, 0.2) is 0 Å². The Morgan fingerprint density at radius 1 is 0.812 bits per heavy atom. The summed E-state index contributed by atoms with van der Waals surface area (Å²) >= 11 is 0. The fraction of sp³-hybridized carbons (Fsp3) is 0. The number of rotatable bonds is 2. The molecule has 0 aliphatic carbocycles. The molecular weight excluding hydrogens is 294 g/mol. The van der Waals surface area contributed by atoms with Gasteiger partial charge in [0.2, 0.25) is 0 Å². The van der Waals surface area contributed by atoms with E-state index in [1.807, 2.05) is 0 Å². The van der Waals surface area contributed by atoms with Crippen LogP contribution in [0.4, 0.5) is 4.79 Å². The Bertz CT molecular complexity index is 336. The van der Waals surface area contributed by atoms with Gasteiger partial charge < -0.3 is 12.3 Å². The van der Waals surface area contributed by atoms with Crippen LogP contribution in [0.25, 0.3) is 0 Å². The van der Waals surface area contributed by atoms with Gasteiger partial charge in [0.1, 0.15) is 0 Å². The molecule has 0 amide bonds. The molecule has 0 aliphatic heterocycles. The van der Waals surface area contributed by atoms with E-state index < -0.39 is 27.0 Å². The second-order valence-electron chi connectivity index (χ2n) is 1.27. The third-order valence-electron chi connectivity index (χ3n) is 0.347. The van der Waals surface area contributed by atoms with Gasteiger partial charge in [-0.15, -0.1) is 0 Å². The Hall–Kier alpha value is 1.01. The topological polar surface area (TPSA) is 214 Å². The molecule has 0 aliphatic rings. The Balaban J connectivity index is -0.000000101. The van der Waals surface area contributed by atoms with Crippen molar-refractivity contribution in [2.24, 2.45) is 0 Å². The first kappa shape index (κ1) is 30.2. The fourth-order valence-electron chi connectivity index (χ4n) is 0.186. The van der Waals surface area contributed by atoms with E-state index >= 15 is 0 Å². The summed E-state index contributed by atoms with van der Waals surface area (Å²) in [6.07, 6.45) is -2.29. The van der Waals surface area contributed by atoms with Crippen molar-refractivity contribution in [2.45, 2.75) is 0 Å². The summed E-state index contributed by atoms with van der Waals surface area (Å²) in [4.78, 5) is 9.95. The zero-order valence-corrected chi connectivity index (χ0v) is 8.12. The second kappa shape index (κ2) is 11.1. The molecular formula is CH10N2Na2O9S2. The summed E-state index contributed by atoms with van der Waals surface area (Å²) < 4.78 is 60.1. The van der Waals surface area contributed by atoms with Crippen LogP contribution < -0.4 is 12.3 Å². The van der Waals surface area contributed by atoms with Crippen LogP contribution in [0.1, 0.15) is 0 Å². The monoisotopic (exact) mass is 304 g/mol. The summed E-state index contributed by atoms with van der Waals surface area (Å²) in [5.41, 5.74) is 0. The van der Waals surface area contributed by atoms with Crippen molar-refractivity contribution < 1.29 is 39.1 Å². The van der Waals surface area contributed by atoms with Crippen LogP contribution >= 0.6 is 0 Å². The summed E-state index contributed by atoms with van der Waals surface area (Å²) in [6.45, 7) is 0. The average Bonchev–Trinajstić information content (AvgIpc) is 1.49. The van der Waals surface area contributed by atoms with E-state index in [1.54, 1.807) is 0 Å². The minimum atomic E-state index is -5.15. The van der Waals surface area contributed by atoms with E-state index in [0.29, 0.717) is 0 Å². The zero-order valence-electron chi connectivity index (χ0n) is 6.48. The van der Waals surface area contributed by atoms with Crippen LogP contribution in [-0.2, 0) is 29.2 Å². The van der Waals surface area contributed by atoms with Crippen LogP contribution in [0.5, 0.6) is 0 Å². The second-order valence-corrected chi connectivity index (χ2v) is 3.32. The molecule has 0 saturated carbocycles. The van der Waals surface area contributed by atoms with Crippen LogP contribution in [0, 0.1) is 0 Å². The summed E-state index contributed by atoms with van der Waals surface area (Å²) in [5, 5.41) is 0. The van der Waals surface area contributed by atoms with E-state index in [-0.39, 0.29) is 71.4 Å². The summed E-state index contributed by atoms with van der Waals surface area (Å²) in [6, 6.07) is 0. The molecule has 0 rings (SSSR count). The predicted octanol–water partition coefficient (Wildman–Crippen LogP) is -2.23. The van der Waals surface area contributed by atoms with Crippen LogP contribution in [0.15, 0.2) is 0 Å². The molecule has 0 aromatic rings. The van der Waals surface area contributed by atoms with Gasteiger partial charge in [-0.2, -0.15) is 16.8 Å². The molecule has 0 spiro atoms. The van der Waals surface area contributed by atoms with Gasteiger partial charge in [-0.25, -0.2) is 4.79 Å². The number of carbonyl (C=O) groups is 1. The first-order chi connectivity index (χ1) is 5.10. The third kappa shape index (κ3) is 24.3. The van der Waals surface area contributed by atoms with E-state index in [4.69, 9.17) is 9.11 Å². The third-order valence-corrected chi connectivity index (χ3v) is 1.04. The van der Waals surface area contributed by atoms with Gasteiger partial charge in [-0.1, -0.05) is 0 Å². The van der Waals surface area contributed by atoms with E-state index in [9.17, 15) is 21.6 Å². The standard InChI is InChI=1S/CH2O9S2.2H3N.2Na.2H/c2-1(9-11(3,4)5)10-12(6,7)8;;;;;;/h(H,3,4,5)(H,6,7,8);2*1H3;;;;. The van der Waals surface area contributed by atoms with Crippen LogP contribution in [0.3, 0.4) is 0 Å². The average molecular weight is 304 g/mol. The molecule has 11 nitrogen and oxygen atoms in total. The van der Waals surface area contributed by atoms with E-state index in [1.165, 1.54) is 0 Å².